The Bertz CT molecular complexity index is 803. The first-order valence-electron chi connectivity index (χ1n) is 9.39. The second-order valence-corrected chi connectivity index (χ2v) is 7.45. The Morgan fingerprint density at radius 3 is 2.59 bits per heavy atom. The lowest BCUT2D eigenvalue weighted by Gasteiger charge is -2.43. The average molecular weight is 367 g/mol. The third kappa shape index (κ3) is 3.55. The Labute approximate surface area is 159 Å². The standard InChI is InChI=1S/C21H25N3O3/c1-21(2)20(25)24(19-18(27-21)9-6-10-22-19)17(16-7-4-3-5-8-16)15-23-11-13-26-14-12-23/h3-10,17H,11-15H2,1-2H3. The first-order valence-corrected chi connectivity index (χ1v) is 9.39. The molecule has 1 aromatic carbocycles. The van der Waals surface area contributed by atoms with Crippen LogP contribution in [0.25, 0.3) is 0 Å². The maximum Gasteiger partial charge on any atom is 0.272 e. The van der Waals surface area contributed by atoms with Crippen LogP contribution in [0, 0.1) is 0 Å². The van der Waals surface area contributed by atoms with Gasteiger partial charge in [0, 0.05) is 25.8 Å². The fourth-order valence-electron chi connectivity index (χ4n) is 3.68. The summed E-state index contributed by atoms with van der Waals surface area (Å²) in [4.78, 5) is 22.0. The van der Waals surface area contributed by atoms with Gasteiger partial charge in [0.05, 0.1) is 19.3 Å². The zero-order valence-corrected chi connectivity index (χ0v) is 15.8. The van der Waals surface area contributed by atoms with E-state index in [-0.39, 0.29) is 11.9 Å². The third-order valence-corrected chi connectivity index (χ3v) is 5.11. The van der Waals surface area contributed by atoms with Crippen molar-refractivity contribution in [1.29, 1.82) is 0 Å². The molecule has 0 aliphatic carbocycles. The Balaban J connectivity index is 1.77. The number of carbonyl (C=O) groups excluding carboxylic acids is 1. The lowest BCUT2D eigenvalue weighted by atomic mass is 9.98. The number of hydrogen-bond donors (Lipinski definition) is 0. The average Bonchev–Trinajstić information content (AvgIpc) is 2.69. The van der Waals surface area contributed by atoms with E-state index in [1.54, 1.807) is 6.20 Å². The molecule has 27 heavy (non-hydrogen) atoms. The lowest BCUT2D eigenvalue weighted by Crippen LogP contribution is -2.56. The zero-order valence-electron chi connectivity index (χ0n) is 15.8. The first-order chi connectivity index (χ1) is 13.1. The van der Waals surface area contributed by atoms with Gasteiger partial charge in [-0.2, -0.15) is 0 Å². The van der Waals surface area contributed by atoms with Crippen molar-refractivity contribution in [2.24, 2.45) is 0 Å². The molecule has 3 heterocycles. The van der Waals surface area contributed by atoms with Gasteiger partial charge in [0.2, 0.25) is 0 Å². The number of carbonyl (C=O) groups is 1. The van der Waals surface area contributed by atoms with Crippen molar-refractivity contribution in [2.75, 3.05) is 37.7 Å². The van der Waals surface area contributed by atoms with Crippen molar-refractivity contribution in [3.05, 3.63) is 54.2 Å². The van der Waals surface area contributed by atoms with Gasteiger partial charge in [-0.25, -0.2) is 4.98 Å². The van der Waals surface area contributed by atoms with Crippen LogP contribution in [0.1, 0.15) is 25.5 Å². The molecule has 142 valence electrons. The minimum atomic E-state index is -0.936. The summed E-state index contributed by atoms with van der Waals surface area (Å²) in [5.41, 5.74) is 0.153. The molecule has 0 bridgehead atoms. The summed E-state index contributed by atoms with van der Waals surface area (Å²) < 4.78 is 11.4. The van der Waals surface area contributed by atoms with Crippen LogP contribution in [0.2, 0.25) is 0 Å². The van der Waals surface area contributed by atoms with Crippen LogP contribution in [0.4, 0.5) is 5.82 Å². The molecule has 1 unspecified atom stereocenters. The zero-order chi connectivity index (χ0) is 18.9. The number of anilines is 1. The second kappa shape index (κ2) is 7.29. The topological polar surface area (TPSA) is 54.9 Å². The predicted molar refractivity (Wildman–Crippen MR) is 103 cm³/mol. The van der Waals surface area contributed by atoms with Crippen LogP contribution in [-0.4, -0.2) is 54.2 Å². The van der Waals surface area contributed by atoms with E-state index in [0.29, 0.717) is 11.6 Å². The van der Waals surface area contributed by atoms with E-state index < -0.39 is 5.60 Å². The van der Waals surface area contributed by atoms with Gasteiger partial charge in [-0.05, 0) is 31.5 Å². The van der Waals surface area contributed by atoms with E-state index in [0.717, 1.165) is 38.4 Å². The van der Waals surface area contributed by atoms with Crippen LogP contribution in [-0.2, 0) is 9.53 Å². The SMILES string of the molecule is CC1(C)Oc2cccnc2N(C(CN2CCOCC2)c2ccccc2)C1=O. The van der Waals surface area contributed by atoms with Gasteiger partial charge in [-0.1, -0.05) is 30.3 Å². The van der Waals surface area contributed by atoms with Crippen LogP contribution in [0.15, 0.2) is 48.7 Å². The Kier molecular flexibility index (Phi) is 4.85. The normalized spacial score (nSPS) is 20.7. The molecule has 1 atom stereocenters. The van der Waals surface area contributed by atoms with E-state index in [1.807, 2.05) is 49.1 Å². The minimum absolute atomic E-state index is 0.0733. The fraction of sp³-hybridized carbons (Fsp3) is 0.429. The number of ether oxygens (including phenoxy) is 2. The van der Waals surface area contributed by atoms with Crippen molar-refractivity contribution in [3.8, 4) is 5.75 Å². The highest BCUT2D eigenvalue weighted by Gasteiger charge is 2.45. The van der Waals surface area contributed by atoms with E-state index in [1.165, 1.54) is 0 Å². The molecule has 0 radical (unpaired) electrons. The van der Waals surface area contributed by atoms with Crippen LogP contribution in [0.3, 0.4) is 0 Å². The van der Waals surface area contributed by atoms with Gasteiger partial charge in [-0.3, -0.25) is 14.6 Å². The van der Waals surface area contributed by atoms with E-state index in [4.69, 9.17) is 9.47 Å². The van der Waals surface area contributed by atoms with Gasteiger partial charge in [0.15, 0.2) is 17.2 Å². The number of pyridine rings is 1. The summed E-state index contributed by atoms with van der Waals surface area (Å²) in [6, 6.07) is 13.7. The molecular formula is C21H25N3O3. The summed E-state index contributed by atoms with van der Waals surface area (Å²) in [5.74, 6) is 1.16. The van der Waals surface area contributed by atoms with Gasteiger partial charge < -0.3 is 9.47 Å². The molecule has 2 aliphatic rings. The van der Waals surface area contributed by atoms with Crippen LogP contribution in [0.5, 0.6) is 5.75 Å². The molecule has 1 aromatic heterocycles. The number of fused-ring (bicyclic) bond motifs is 1. The number of morpholine rings is 1. The molecule has 0 saturated carbocycles. The van der Waals surface area contributed by atoms with Crippen molar-refractivity contribution >= 4 is 11.7 Å². The van der Waals surface area contributed by atoms with E-state index in [2.05, 4.69) is 22.0 Å². The molecule has 1 saturated heterocycles. The molecule has 6 nitrogen and oxygen atoms in total. The number of hydrogen-bond acceptors (Lipinski definition) is 5. The summed E-state index contributed by atoms with van der Waals surface area (Å²) in [6.45, 7) is 7.52. The second-order valence-electron chi connectivity index (χ2n) is 7.45. The number of amides is 1. The molecule has 0 spiro atoms. The summed E-state index contributed by atoms with van der Waals surface area (Å²) in [6.07, 6.45) is 1.71. The number of benzene rings is 1. The summed E-state index contributed by atoms with van der Waals surface area (Å²) in [5, 5.41) is 0. The monoisotopic (exact) mass is 367 g/mol. The maximum absolute atomic E-state index is 13.4. The molecule has 2 aromatic rings. The predicted octanol–water partition coefficient (Wildman–Crippen LogP) is 2.66. The van der Waals surface area contributed by atoms with Crippen molar-refractivity contribution < 1.29 is 14.3 Å². The van der Waals surface area contributed by atoms with E-state index >= 15 is 0 Å². The molecule has 1 fully saturated rings. The summed E-state index contributed by atoms with van der Waals surface area (Å²) >= 11 is 0. The van der Waals surface area contributed by atoms with Crippen LogP contribution < -0.4 is 9.64 Å². The molecule has 0 N–H and O–H groups in total. The van der Waals surface area contributed by atoms with E-state index in [9.17, 15) is 4.79 Å². The Hall–Kier alpha value is -2.44. The minimum Gasteiger partial charge on any atom is -0.474 e. The van der Waals surface area contributed by atoms with Gasteiger partial charge in [0.25, 0.3) is 5.91 Å². The molecular weight excluding hydrogens is 342 g/mol. The van der Waals surface area contributed by atoms with Gasteiger partial charge >= 0.3 is 0 Å². The van der Waals surface area contributed by atoms with Gasteiger partial charge in [0.1, 0.15) is 0 Å². The van der Waals surface area contributed by atoms with Gasteiger partial charge in [-0.15, -0.1) is 0 Å². The van der Waals surface area contributed by atoms with Crippen molar-refractivity contribution in [2.45, 2.75) is 25.5 Å². The van der Waals surface area contributed by atoms with Crippen LogP contribution >= 0.6 is 0 Å². The molecule has 6 heteroatoms. The number of nitrogens with zero attached hydrogens (tertiary/aromatic N) is 3. The highest BCUT2D eigenvalue weighted by Crippen LogP contribution is 2.40. The molecule has 2 aliphatic heterocycles. The smallest absolute Gasteiger partial charge is 0.272 e. The summed E-state index contributed by atoms with van der Waals surface area (Å²) in [7, 11) is 0. The lowest BCUT2D eigenvalue weighted by molar-refractivity contribution is -0.133. The number of rotatable bonds is 4. The fourth-order valence-corrected chi connectivity index (χ4v) is 3.68. The van der Waals surface area contributed by atoms with Crippen molar-refractivity contribution in [3.63, 3.8) is 0 Å². The molecule has 1 amide bonds. The number of aromatic nitrogens is 1. The highest BCUT2D eigenvalue weighted by atomic mass is 16.5. The third-order valence-electron chi connectivity index (χ3n) is 5.11. The van der Waals surface area contributed by atoms with Crippen molar-refractivity contribution in [1.82, 2.24) is 9.88 Å². The Morgan fingerprint density at radius 1 is 1.11 bits per heavy atom. The quantitative estimate of drug-likeness (QED) is 0.832. The first kappa shape index (κ1) is 17.9. The largest absolute Gasteiger partial charge is 0.474 e. The molecule has 4 rings (SSSR count). The highest BCUT2D eigenvalue weighted by molar-refractivity contribution is 6.02. The Morgan fingerprint density at radius 2 is 1.85 bits per heavy atom. The maximum atomic E-state index is 13.4.